The largest absolute Gasteiger partial charge is 0.504 e. The van der Waals surface area contributed by atoms with Crippen LogP contribution >= 0.6 is 69.6 Å². The first-order valence-corrected chi connectivity index (χ1v) is 20.1. The Balaban J connectivity index is 0.000000178. The van der Waals surface area contributed by atoms with E-state index in [1.165, 1.54) is 43.5 Å². The Morgan fingerprint density at radius 3 is 1.44 bits per heavy atom. The van der Waals surface area contributed by atoms with Crippen LogP contribution in [-0.2, 0) is 0 Å². The van der Waals surface area contributed by atoms with Gasteiger partial charge < -0.3 is 61.4 Å². The van der Waals surface area contributed by atoms with Gasteiger partial charge in [-0.05, 0) is 79.2 Å². The van der Waals surface area contributed by atoms with Crippen molar-refractivity contribution in [3.05, 3.63) is 139 Å². The molecule has 1 heterocycles. The topological polar surface area (TPSA) is 212 Å². The third-order valence-electron chi connectivity index (χ3n) is 8.18. The van der Waals surface area contributed by atoms with Crippen molar-refractivity contribution in [2.75, 3.05) is 45.8 Å². The summed E-state index contributed by atoms with van der Waals surface area (Å²) in [6.45, 7) is 2.03. The summed E-state index contributed by atoms with van der Waals surface area (Å²) in [6.07, 6.45) is 0. The Hall–Kier alpha value is -6.33. The van der Waals surface area contributed by atoms with E-state index in [9.17, 15) is 29.7 Å². The zero-order valence-corrected chi connectivity index (χ0v) is 37.1. The van der Waals surface area contributed by atoms with Gasteiger partial charge in [-0.2, -0.15) is 0 Å². The maximum atomic E-state index is 12.0. The summed E-state index contributed by atoms with van der Waals surface area (Å²) in [5, 5.41) is 45.7. The van der Waals surface area contributed by atoms with Gasteiger partial charge in [0.15, 0.2) is 28.7 Å². The van der Waals surface area contributed by atoms with Crippen molar-refractivity contribution in [3.63, 3.8) is 0 Å². The summed E-state index contributed by atoms with van der Waals surface area (Å²) >= 11 is 34.8. The van der Waals surface area contributed by atoms with Gasteiger partial charge >= 0.3 is 18.1 Å². The van der Waals surface area contributed by atoms with E-state index in [-0.39, 0.29) is 56.2 Å². The zero-order valence-electron chi connectivity index (χ0n) is 32.6. The minimum absolute atomic E-state index is 0.0471. The molecular formula is C42H34Cl6N6O9. The number of urea groups is 3. The van der Waals surface area contributed by atoms with Crippen molar-refractivity contribution >= 4 is 122 Å². The summed E-state index contributed by atoms with van der Waals surface area (Å²) < 4.78 is 15.5. The van der Waals surface area contributed by atoms with Gasteiger partial charge in [0.1, 0.15) is 5.75 Å². The number of benzene rings is 6. The normalized spacial score (nSPS) is 10.8. The van der Waals surface area contributed by atoms with Gasteiger partial charge in [0.05, 0.1) is 39.2 Å². The lowest BCUT2D eigenvalue weighted by molar-refractivity contribution is 0.174. The number of para-hydroxylation sites is 1. The van der Waals surface area contributed by atoms with E-state index in [1.807, 2.05) is 25.1 Å². The number of rotatable bonds is 7. The highest BCUT2D eigenvalue weighted by Gasteiger charge is 2.17. The average Bonchev–Trinajstić information content (AvgIpc) is 3.70. The zero-order chi connectivity index (χ0) is 45.8. The summed E-state index contributed by atoms with van der Waals surface area (Å²) in [4.78, 5) is 35.8. The molecule has 0 fully saturated rings. The molecule has 63 heavy (non-hydrogen) atoms. The number of phenolic OH excluding ortho intramolecular Hbond substituents is 3. The highest BCUT2D eigenvalue weighted by molar-refractivity contribution is 6.37. The fourth-order valence-corrected chi connectivity index (χ4v) is 6.70. The third-order valence-corrected chi connectivity index (χ3v) is 9.70. The van der Waals surface area contributed by atoms with E-state index in [1.54, 1.807) is 48.5 Å². The van der Waals surface area contributed by atoms with Crippen LogP contribution in [0.15, 0.2) is 103 Å². The molecule has 6 amide bonds. The number of hydrogen-bond donors (Lipinski definition) is 9. The van der Waals surface area contributed by atoms with Crippen LogP contribution in [0, 0.1) is 6.92 Å². The number of aryl methyl sites for hydroxylation is 1. The van der Waals surface area contributed by atoms with Crippen molar-refractivity contribution in [2.45, 2.75) is 6.92 Å². The van der Waals surface area contributed by atoms with Gasteiger partial charge in [-0.3, -0.25) is 0 Å². The molecule has 1 aliphatic rings. The molecule has 0 unspecified atom stereocenters. The lowest BCUT2D eigenvalue weighted by Crippen LogP contribution is -2.20. The second-order valence-corrected chi connectivity index (χ2v) is 15.2. The Labute approximate surface area is 389 Å². The number of carbonyl (C=O) groups is 3. The first-order valence-electron chi connectivity index (χ1n) is 17.9. The third kappa shape index (κ3) is 13.8. The van der Waals surface area contributed by atoms with E-state index in [4.69, 9.17) is 83.8 Å². The number of phenols is 3. The first-order chi connectivity index (χ1) is 30.0. The minimum Gasteiger partial charge on any atom is -0.504 e. The monoisotopic (exact) mass is 976 g/mol. The summed E-state index contributed by atoms with van der Waals surface area (Å²) in [5.41, 5.74) is 3.03. The Kier molecular flexibility index (Phi) is 16.8. The summed E-state index contributed by atoms with van der Waals surface area (Å²) in [5.74, 6) is 1.04. The lowest BCUT2D eigenvalue weighted by Gasteiger charge is -2.11. The Morgan fingerprint density at radius 2 is 0.952 bits per heavy atom. The van der Waals surface area contributed by atoms with Gasteiger partial charge in [-0.25, -0.2) is 14.4 Å². The van der Waals surface area contributed by atoms with Crippen LogP contribution in [0.4, 0.5) is 48.5 Å². The van der Waals surface area contributed by atoms with E-state index < -0.39 is 18.1 Å². The van der Waals surface area contributed by atoms with Crippen LogP contribution in [-0.4, -0.2) is 47.3 Å². The van der Waals surface area contributed by atoms with Gasteiger partial charge in [-0.1, -0.05) is 93.9 Å². The smallest absolute Gasteiger partial charge is 0.323 e. The van der Waals surface area contributed by atoms with Crippen molar-refractivity contribution in [1.29, 1.82) is 0 Å². The van der Waals surface area contributed by atoms with Crippen molar-refractivity contribution in [3.8, 4) is 34.5 Å². The molecule has 0 saturated heterocycles. The highest BCUT2D eigenvalue weighted by Crippen LogP contribution is 2.38. The molecular weight excluding hydrogens is 945 g/mol. The van der Waals surface area contributed by atoms with E-state index >= 15 is 0 Å². The van der Waals surface area contributed by atoms with Gasteiger partial charge in [-0.15, -0.1) is 0 Å². The van der Waals surface area contributed by atoms with Crippen LogP contribution in [0.1, 0.15) is 5.56 Å². The van der Waals surface area contributed by atoms with Crippen LogP contribution in [0.2, 0.25) is 30.1 Å². The number of carbonyl (C=O) groups excluding carboxylic acids is 3. The molecule has 0 radical (unpaired) electrons. The molecule has 0 aromatic heterocycles. The van der Waals surface area contributed by atoms with Crippen LogP contribution < -0.4 is 46.1 Å². The molecule has 21 heteroatoms. The predicted octanol–water partition coefficient (Wildman–Crippen LogP) is 13.1. The maximum Gasteiger partial charge on any atom is 0.323 e. The SMILES string of the molecule is COc1cccc(NC(=O)Nc2cc(Cl)cc(Cl)c2O)c1.Cc1ccccc1NC(=O)Nc1cc(Cl)cc(Cl)c1O.O=C(Nc1ccc2c(c1)OCO2)Nc1cc(Cl)cc(Cl)c1O. The molecule has 15 nitrogen and oxygen atoms in total. The molecule has 7 rings (SSSR count). The minimum atomic E-state index is -0.563. The molecule has 328 valence electrons. The van der Waals surface area contributed by atoms with E-state index in [2.05, 4.69) is 31.9 Å². The number of nitrogens with one attached hydrogen (secondary N) is 6. The fourth-order valence-electron chi connectivity index (χ4n) is 5.22. The lowest BCUT2D eigenvalue weighted by atomic mass is 10.2. The van der Waals surface area contributed by atoms with Crippen molar-refractivity contribution in [2.24, 2.45) is 0 Å². The maximum absolute atomic E-state index is 12.0. The number of amides is 6. The van der Waals surface area contributed by atoms with Gasteiger partial charge in [0, 0.05) is 44.3 Å². The van der Waals surface area contributed by atoms with E-state index in [0.29, 0.717) is 49.4 Å². The number of ether oxygens (including phenoxy) is 3. The quantitative estimate of drug-likeness (QED) is 0.0696. The molecule has 0 bridgehead atoms. The number of anilines is 6. The van der Waals surface area contributed by atoms with Crippen LogP contribution in [0.5, 0.6) is 34.5 Å². The first kappa shape index (κ1) is 47.7. The summed E-state index contributed by atoms with van der Waals surface area (Å²) in [7, 11) is 1.53. The molecule has 0 aliphatic carbocycles. The molecule has 6 aromatic rings. The highest BCUT2D eigenvalue weighted by atomic mass is 35.5. The van der Waals surface area contributed by atoms with Gasteiger partial charge in [0.25, 0.3) is 0 Å². The molecule has 6 aromatic carbocycles. The fraction of sp³-hybridized carbons (Fsp3) is 0.0714. The predicted molar refractivity (Wildman–Crippen MR) is 249 cm³/mol. The Morgan fingerprint density at radius 1 is 0.508 bits per heavy atom. The number of aromatic hydroxyl groups is 3. The van der Waals surface area contributed by atoms with Crippen molar-refractivity contribution in [1.82, 2.24) is 0 Å². The second kappa shape index (κ2) is 22.2. The van der Waals surface area contributed by atoms with Crippen LogP contribution in [0.25, 0.3) is 0 Å². The van der Waals surface area contributed by atoms with Crippen molar-refractivity contribution < 1.29 is 43.9 Å². The van der Waals surface area contributed by atoms with Crippen LogP contribution in [0.3, 0.4) is 0 Å². The molecule has 0 saturated carbocycles. The van der Waals surface area contributed by atoms with Gasteiger partial charge in [0.2, 0.25) is 6.79 Å². The van der Waals surface area contributed by atoms with E-state index in [0.717, 1.165) is 5.56 Å². The molecule has 9 N–H and O–H groups in total. The standard InChI is InChI=1S/C14H10Cl2N2O4.C14H12Cl2N2O3.C14H12Cl2N2O2/c15-7-3-9(16)13(19)10(4-7)18-14(20)17-8-1-2-11-12(5-8)22-6-21-11;1-21-10-4-2-3-9(7-10)17-14(20)18-12-6-8(15)5-11(16)13(12)19;1-8-4-2-3-5-11(8)17-14(20)18-12-7-9(15)6-10(16)13(12)19/h1-5,19H,6H2,(H2,17,18,20);2-7,19H,1H3,(H2,17,18,20);2-7,19H,1H3,(H2,17,18,20). The Bertz CT molecular complexity index is 2660. The second-order valence-electron chi connectivity index (χ2n) is 12.7. The number of fused-ring (bicyclic) bond motifs is 1. The molecule has 1 aliphatic heterocycles. The average molecular weight is 979 g/mol. The number of hydrogen-bond acceptors (Lipinski definition) is 9. The number of halogens is 6. The number of methoxy groups -OCH3 is 1. The summed E-state index contributed by atoms with van der Waals surface area (Å²) in [6, 6.07) is 25.9. The molecule has 0 spiro atoms. The molecule has 0 atom stereocenters.